The standard InChI is InChI=1S/C20H25FN4O2S/c1-22-20(24(2)15-16-7-9-18(21)10-8-16)23-12-14-28(26,27)25-13-11-17-5-3-4-6-19(17)25/h3-10H,11-15H2,1-2H3,(H,22,23). The lowest BCUT2D eigenvalue weighted by molar-refractivity contribution is 0.478. The normalized spacial score (nSPS) is 14.1. The fourth-order valence-electron chi connectivity index (χ4n) is 3.32. The molecule has 2 aromatic carbocycles. The number of anilines is 1. The molecule has 0 aliphatic carbocycles. The van der Waals surface area contributed by atoms with Crippen molar-refractivity contribution < 1.29 is 12.8 Å². The van der Waals surface area contributed by atoms with Gasteiger partial charge in [-0.15, -0.1) is 0 Å². The second kappa shape index (κ2) is 8.60. The molecule has 0 saturated heterocycles. The molecule has 28 heavy (non-hydrogen) atoms. The van der Waals surface area contributed by atoms with Gasteiger partial charge in [0.15, 0.2) is 5.96 Å². The molecule has 150 valence electrons. The van der Waals surface area contributed by atoms with Gasteiger partial charge in [-0.05, 0) is 35.7 Å². The molecule has 0 aromatic heterocycles. The molecule has 0 unspecified atom stereocenters. The lowest BCUT2D eigenvalue weighted by Crippen LogP contribution is -2.42. The van der Waals surface area contributed by atoms with Gasteiger partial charge in [0, 0.05) is 33.7 Å². The quantitative estimate of drug-likeness (QED) is 0.592. The molecule has 0 atom stereocenters. The Labute approximate surface area is 165 Å². The van der Waals surface area contributed by atoms with Gasteiger partial charge in [0.05, 0.1) is 11.4 Å². The number of nitrogens with one attached hydrogen (secondary N) is 1. The van der Waals surface area contributed by atoms with Crippen LogP contribution in [0.2, 0.25) is 0 Å². The molecule has 1 aliphatic rings. The molecule has 0 spiro atoms. The predicted molar refractivity (Wildman–Crippen MR) is 111 cm³/mol. The number of hydrogen-bond acceptors (Lipinski definition) is 3. The number of guanidine groups is 1. The second-order valence-electron chi connectivity index (χ2n) is 6.72. The van der Waals surface area contributed by atoms with Crippen molar-refractivity contribution in [1.29, 1.82) is 0 Å². The van der Waals surface area contributed by atoms with Crippen molar-refractivity contribution in [3.05, 3.63) is 65.5 Å². The van der Waals surface area contributed by atoms with Crippen LogP contribution < -0.4 is 9.62 Å². The van der Waals surface area contributed by atoms with Crippen LogP contribution in [-0.4, -0.2) is 52.2 Å². The van der Waals surface area contributed by atoms with Crippen LogP contribution in [0.3, 0.4) is 0 Å². The maximum Gasteiger partial charge on any atom is 0.236 e. The molecule has 1 aliphatic heterocycles. The van der Waals surface area contributed by atoms with Gasteiger partial charge in [0.2, 0.25) is 10.0 Å². The van der Waals surface area contributed by atoms with Crippen molar-refractivity contribution >= 4 is 21.7 Å². The van der Waals surface area contributed by atoms with E-state index in [-0.39, 0.29) is 18.1 Å². The summed E-state index contributed by atoms with van der Waals surface area (Å²) in [5, 5.41) is 3.10. The SMILES string of the molecule is CN=C(NCCS(=O)(=O)N1CCc2ccccc21)N(C)Cc1ccc(F)cc1. The minimum atomic E-state index is -3.41. The van der Waals surface area contributed by atoms with Gasteiger partial charge in [0.1, 0.15) is 5.82 Å². The Kier molecular flexibility index (Phi) is 6.18. The lowest BCUT2D eigenvalue weighted by atomic mass is 10.2. The lowest BCUT2D eigenvalue weighted by Gasteiger charge is -2.23. The summed E-state index contributed by atoms with van der Waals surface area (Å²) >= 11 is 0. The third-order valence-corrected chi connectivity index (χ3v) is 6.50. The molecule has 0 amide bonds. The van der Waals surface area contributed by atoms with Crippen LogP contribution in [0, 0.1) is 5.82 Å². The Hall–Kier alpha value is -2.61. The summed E-state index contributed by atoms with van der Waals surface area (Å²) in [6, 6.07) is 13.9. The van der Waals surface area contributed by atoms with Gasteiger partial charge in [-0.1, -0.05) is 30.3 Å². The average Bonchev–Trinajstić information content (AvgIpc) is 3.12. The number of rotatable bonds is 6. The Balaban J connectivity index is 1.56. The summed E-state index contributed by atoms with van der Waals surface area (Å²) in [5.74, 6) is 0.286. The van der Waals surface area contributed by atoms with E-state index in [1.54, 1.807) is 19.2 Å². The highest BCUT2D eigenvalue weighted by Crippen LogP contribution is 2.29. The fourth-order valence-corrected chi connectivity index (χ4v) is 4.75. The van der Waals surface area contributed by atoms with E-state index in [0.29, 0.717) is 19.0 Å². The molecule has 0 fully saturated rings. The van der Waals surface area contributed by atoms with Crippen LogP contribution in [0.4, 0.5) is 10.1 Å². The molecule has 0 bridgehead atoms. The Morgan fingerprint density at radius 3 is 2.64 bits per heavy atom. The van der Waals surface area contributed by atoms with Crippen molar-refractivity contribution in [2.45, 2.75) is 13.0 Å². The highest BCUT2D eigenvalue weighted by Gasteiger charge is 2.28. The highest BCUT2D eigenvalue weighted by molar-refractivity contribution is 7.92. The van der Waals surface area contributed by atoms with E-state index in [2.05, 4.69) is 10.3 Å². The van der Waals surface area contributed by atoms with E-state index in [9.17, 15) is 12.8 Å². The summed E-state index contributed by atoms with van der Waals surface area (Å²) in [5.41, 5.74) is 2.78. The third-order valence-electron chi connectivity index (χ3n) is 4.73. The third kappa shape index (κ3) is 4.62. The van der Waals surface area contributed by atoms with E-state index in [1.807, 2.05) is 36.2 Å². The minimum Gasteiger partial charge on any atom is -0.355 e. The molecule has 3 rings (SSSR count). The van der Waals surface area contributed by atoms with Gasteiger partial charge >= 0.3 is 0 Å². The van der Waals surface area contributed by atoms with Gasteiger partial charge in [0.25, 0.3) is 0 Å². The Morgan fingerprint density at radius 2 is 1.93 bits per heavy atom. The second-order valence-corrected chi connectivity index (χ2v) is 8.74. The van der Waals surface area contributed by atoms with E-state index in [0.717, 1.165) is 23.2 Å². The van der Waals surface area contributed by atoms with E-state index in [1.165, 1.54) is 16.4 Å². The largest absolute Gasteiger partial charge is 0.355 e. The first-order chi connectivity index (χ1) is 13.4. The highest BCUT2D eigenvalue weighted by atomic mass is 32.2. The topological polar surface area (TPSA) is 65.0 Å². The maximum absolute atomic E-state index is 13.0. The minimum absolute atomic E-state index is 0.0231. The van der Waals surface area contributed by atoms with E-state index < -0.39 is 10.0 Å². The summed E-state index contributed by atoms with van der Waals surface area (Å²) < 4.78 is 40.0. The van der Waals surface area contributed by atoms with Crippen LogP contribution in [0.25, 0.3) is 0 Å². The first-order valence-electron chi connectivity index (χ1n) is 9.15. The molecule has 1 N–H and O–H groups in total. The Bertz CT molecular complexity index is 945. The molecule has 0 saturated carbocycles. The summed E-state index contributed by atoms with van der Waals surface area (Å²) in [4.78, 5) is 6.07. The van der Waals surface area contributed by atoms with Crippen molar-refractivity contribution in [3.8, 4) is 0 Å². The van der Waals surface area contributed by atoms with Crippen LogP contribution in [0.5, 0.6) is 0 Å². The number of sulfonamides is 1. The zero-order valence-corrected chi connectivity index (χ0v) is 16.9. The summed E-state index contributed by atoms with van der Waals surface area (Å²) in [6.45, 7) is 1.27. The van der Waals surface area contributed by atoms with Gasteiger partial charge in [-0.3, -0.25) is 9.30 Å². The smallest absolute Gasteiger partial charge is 0.236 e. The zero-order valence-electron chi connectivity index (χ0n) is 16.1. The first kappa shape index (κ1) is 20.1. The molecule has 6 nitrogen and oxygen atoms in total. The molecular formula is C20H25FN4O2S. The van der Waals surface area contributed by atoms with Gasteiger partial charge < -0.3 is 10.2 Å². The van der Waals surface area contributed by atoms with Crippen molar-refractivity contribution in [2.24, 2.45) is 4.99 Å². The van der Waals surface area contributed by atoms with Gasteiger partial charge in [-0.25, -0.2) is 12.8 Å². The van der Waals surface area contributed by atoms with Crippen LogP contribution in [0.1, 0.15) is 11.1 Å². The van der Waals surface area contributed by atoms with Crippen LogP contribution in [0.15, 0.2) is 53.5 Å². The molecule has 1 heterocycles. The fraction of sp³-hybridized carbons (Fsp3) is 0.350. The van der Waals surface area contributed by atoms with Crippen molar-refractivity contribution in [3.63, 3.8) is 0 Å². The molecule has 8 heteroatoms. The Morgan fingerprint density at radius 1 is 1.21 bits per heavy atom. The van der Waals surface area contributed by atoms with E-state index >= 15 is 0 Å². The monoisotopic (exact) mass is 404 g/mol. The van der Waals surface area contributed by atoms with Crippen LogP contribution >= 0.6 is 0 Å². The van der Waals surface area contributed by atoms with Gasteiger partial charge in [-0.2, -0.15) is 0 Å². The number of hydrogen-bond donors (Lipinski definition) is 1. The number of fused-ring (bicyclic) bond motifs is 1. The summed E-state index contributed by atoms with van der Waals surface area (Å²) in [6.07, 6.45) is 0.741. The number of para-hydroxylation sites is 1. The summed E-state index contributed by atoms with van der Waals surface area (Å²) in [7, 11) is 0.0876. The average molecular weight is 405 g/mol. The predicted octanol–water partition coefficient (Wildman–Crippen LogP) is 2.23. The number of halogens is 1. The number of aliphatic imine (C=N–C) groups is 1. The maximum atomic E-state index is 13.0. The number of nitrogens with zero attached hydrogens (tertiary/aromatic N) is 3. The molecular weight excluding hydrogens is 379 g/mol. The van der Waals surface area contributed by atoms with Crippen molar-refractivity contribution in [1.82, 2.24) is 10.2 Å². The van der Waals surface area contributed by atoms with Crippen LogP contribution in [-0.2, 0) is 23.0 Å². The van der Waals surface area contributed by atoms with Crippen molar-refractivity contribution in [2.75, 3.05) is 37.2 Å². The zero-order chi connectivity index (χ0) is 20.1. The molecule has 2 aromatic rings. The van der Waals surface area contributed by atoms with E-state index in [4.69, 9.17) is 0 Å². The first-order valence-corrected chi connectivity index (χ1v) is 10.8. The number of benzene rings is 2. The molecule has 0 radical (unpaired) electrons.